The van der Waals surface area contributed by atoms with Crippen LogP contribution in [-0.2, 0) is 11.3 Å². The summed E-state index contributed by atoms with van der Waals surface area (Å²) in [5.41, 5.74) is 1.94. The van der Waals surface area contributed by atoms with E-state index in [4.69, 9.17) is 16.3 Å². The highest BCUT2D eigenvalue weighted by atomic mass is 35.5. The van der Waals surface area contributed by atoms with Gasteiger partial charge in [-0.3, -0.25) is 9.48 Å². The highest BCUT2D eigenvalue weighted by Crippen LogP contribution is 2.18. The molecule has 1 amide bonds. The number of anilines is 1. The van der Waals surface area contributed by atoms with Gasteiger partial charge in [0.2, 0.25) is 0 Å². The Morgan fingerprint density at radius 3 is 2.65 bits per heavy atom. The average Bonchev–Trinajstić information content (AvgIpc) is 3.12. The summed E-state index contributed by atoms with van der Waals surface area (Å²) >= 11 is 6.15. The maximum atomic E-state index is 12.5. The normalized spacial score (nSPS) is 10.4. The van der Waals surface area contributed by atoms with Gasteiger partial charge in [-0.1, -0.05) is 41.9 Å². The number of carbonyl (C=O) groups excluding carboxylic acids is 2. The van der Waals surface area contributed by atoms with Gasteiger partial charge in [0.15, 0.2) is 0 Å². The molecule has 3 rings (SSSR count). The highest BCUT2D eigenvalue weighted by Gasteiger charge is 2.15. The zero-order chi connectivity index (χ0) is 18.5. The van der Waals surface area contributed by atoms with Crippen LogP contribution in [0.4, 0.5) is 5.69 Å². The number of carbonyl (C=O) groups is 2. The maximum Gasteiger partial charge on any atom is 0.339 e. The van der Waals surface area contributed by atoms with E-state index in [9.17, 15) is 9.59 Å². The minimum Gasteiger partial charge on any atom is -0.465 e. The smallest absolute Gasteiger partial charge is 0.339 e. The molecule has 0 radical (unpaired) electrons. The Hall–Kier alpha value is -3.12. The third-order valence-corrected chi connectivity index (χ3v) is 4.13. The van der Waals surface area contributed by atoms with E-state index in [0.717, 1.165) is 5.56 Å². The predicted octanol–water partition coefficient (Wildman–Crippen LogP) is 3.62. The third-order valence-electron chi connectivity index (χ3n) is 3.77. The monoisotopic (exact) mass is 369 g/mol. The lowest BCUT2D eigenvalue weighted by Crippen LogP contribution is -2.15. The van der Waals surface area contributed by atoms with E-state index in [-0.39, 0.29) is 11.5 Å². The number of nitrogens with zero attached hydrogens (tertiary/aromatic N) is 2. The van der Waals surface area contributed by atoms with Crippen LogP contribution in [0.1, 0.15) is 26.3 Å². The SMILES string of the molecule is COC(=O)c1ccccc1NC(=O)c1cnn(Cc2ccccc2Cl)c1. The standard InChI is InChI=1S/C19H16ClN3O3/c1-26-19(25)15-7-3-5-9-17(15)22-18(24)14-10-21-23(12-14)11-13-6-2-4-8-16(13)20/h2-10,12H,11H2,1H3,(H,22,24). The van der Waals surface area contributed by atoms with Gasteiger partial charge in [-0.15, -0.1) is 0 Å². The summed E-state index contributed by atoms with van der Waals surface area (Å²) in [7, 11) is 1.29. The molecular formula is C19H16ClN3O3. The Morgan fingerprint density at radius 2 is 1.88 bits per heavy atom. The molecule has 0 saturated heterocycles. The summed E-state index contributed by atoms with van der Waals surface area (Å²) in [6.45, 7) is 0.450. The number of amides is 1. The third kappa shape index (κ3) is 3.92. The van der Waals surface area contributed by atoms with Crippen molar-refractivity contribution in [3.8, 4) is 0 Å². The molecule has 1 heterocycles. The molecular weight excluding hydrogens is 354 g/mol. The number of halogens is 1. The molecule has 0 aliphatic heterocycles. The van der Waals surface area contributed by atoms with E-state index in [1.54, 1.807) is 41.2 Å². The van der Waals surface area contributed by atoms with Crippen LogP contribution in [0, 0.1) is 0 Å². The summed E-state index contributed by atoms with van der Waals surface area (Å²) in [4.78, 5) is 24.3. The molecule has 0 aliphatic carbocycles. The van der Waals surface area contributed by atoms with Crippen molar-refractivity contribution in [1.29, 1.82) is 0 Å². The van der Waals surface area contributed by atoms with Crippen molar-refractivity contribution in [1.82, 2.24) is 9.78 Å². The van der Waals surface area contributed by atoms with Crippen LogP contribution in [0.15, 0.2) is 60.9 Å². The second-order valence-electron chi connectivity index (χ2n) is 5.51. The topological polar surface area (TPSA) is 73.2 Å². The minimum atomic E-state index is -0.518. The first-order valence-corrected chi connectivity index (χ1v) is 8.21. The molecule has 0 atom stereocenters. The van der Waals surface area contributed by atoms with Gasteiger partial charge in [0, 0.05) is 11.2 Å². The number of esters is 1. The molecule has 132 valence electrons. The maximum absolute atomic E-state index is 12.5. The Balaban J connectivity index is 1.75. The number of hydrogen-bond acceptors (Lipinski definition) is 4. The average molecular weight is 370 g/mol. The molecule has 1 N–H and O–H groups in total. The van der Waals surface area contributed by atoms with Crippen LogP contribution in [0.2, 0.25) is 5.02 Å². The van der Waals surface area contributed by atoms with E-state index in [1.165, 1.54) is 13.3 Å². The number of nitrogens with one attached hydrogen (secondary N) is 1. The van der Waals surface area contributed by atoms with Crippen molar-refractivity contribution in [3.63, 3.8) is 0 Å². The molecule has 0 aliphatic rings. The molecule has 6 nitrogen and oxygen atoms in total. The van der Waals surface area contributed by atoms with E-state index in [1.807, 2.05) is 18.2 Å². The van der Waals surface area contributed by atoms with Gasteiger partial charge in [0.25, 0.3) is 5.91 Å². The molecule has 0 saturated carbocycles. The van der Waals surface area contributed by atoms with Crippen molar-refractivity contribution < 1.29 is 14.3 Å². The second kappa shape index (κ2) is 7.84. The fourth-order valence-electron chi connectivity index (χ4n) is 2.44. The van der Waals surface area contributed by atoms with Crippen molar-refractivity contribution in [2.75, 3.05) is 12.4 Å². The summed E-state index contributed by atoms with van der Waals surface area (Å²) in [5, 5.41) is 7.55. The molecule has 0 spiro atoms. The summed E-state index contributed by atoms with van der Waals surface area (Å²) in [6.07, 6.45) is 3.09. The number of aromatic nitrogens is 2. The van der Waals surface area contributed by atoms with Crippen molar-refractivity contribution in [2.45, 2.75) is 6.54 Å². The van der Waals surface area contributed by atoms with Crippen molar-refractivity contribution in [3.05, 3.63) is 82.6 Å². The van der Waals surface area contributed by atoms with Gasteiger partial charge >= 0.3 is 5.97 Å². The van der Waals surface area contributed by atoms with E-state index in [0.29, 0.717) is 22.8 Å². The summed E-state index contributed by atoms with van der Waals surface area (Å²) < 4.78 is 6.35. The highest BCUT2D eigenvalue weighted by molar-refractivity contribution is 6.31. The Morgan fingerprint density at radius 1 is 1.15 bits per heavy atom. The van der Waals surface area contributed by atoms with Crippen molar-refractivity contribution in [2.24, 2.45) is 0 Å². The van der Waals surface area contributed by atoms with E-state index >= 15 is 0 Å². The van der Waals surface area contributed by atoms with Crippen LogP contribution >= 0.6 is 11.6 Å². The molecule has 0 bridgehead atoms. The lowest BCUT2D eigenvalue weighted by Gasteiger charge is -2.08. The number of hydrogen-bond donors (Lipinski definition) is 1. The van der Waals surface area contributed by atoms with Gasteiger partial charge in [0.05, 0.1) is 36.7 Å². The number of ether oxygens (including phenoxy) is 1. The minimum absolute atomic E-state index is 0.284. The zero-order valence-corrected chi connectivity index (χ0v) is 14.7. The molecule has 3 aromatic rings. The first-order chi connectivity index (χ1) is 12.6. The molecule has 26 heavy (non-hydrogen) atoms. The van der Waals surface area contributed by atoms with Crippen LogP contribution in [0.3, 0.4) is 0 Å². The van der Waals surface area contributed by atoms with E-state index < -0.39 is 5.97 Å². The second-order valence-corrected chi connectivity index (χ2v) is 5.92. The zero-order valence-electron chi connectivity index (χ0n) is 14.0. The number of rotatable bonds is 5. The van der Waals surface area contributed by atoms with Crippen LogP contribution in [0.5, 0.6) is 0 Å². The lowest BCUT2D eigenvalue weighted by molar-refractivity contribution is 0.0602. The van der Waals surface area contributed by atoms with Crippen LogP contribution < -0.4 is 5.32 Å². The number of methoxy groups -OCH3 is 1. The van der Waals surface area contributed by atoms with Gasteiger partial charge in [0.1, 0.15) is 0 Å². The molecule has 2 aromatic carbocycles. The van der Waals surface area contributed by atoms with Crippen LogP contribution in [-0.4, -0.2) is 28.8 Å². The first-order valence-electron chi connectivity index (χ1n) is 7.83. The first kappa shape index (κ1) is 17.7. The van der Waals surface area contributed by atoms with Crippen LogP contribution in [0.25, 0.3) is 0 Å². The van der Waals surface area contributed by atoms with Crippen molar-refractivity contribution >= 4 is 29.2 Å². The fraction of sp³-hybridized carbons (Fsp3) is 0.105. The summed E-state index contributed by atoms with van der Waals surface area (Å²) in [5.74, 6) is -0.887. The molecule has 7 heteroatoms. The Bertz CT molecular complexity index is 952. The van der Waals surface area contributed by atoms with Gasteiger partial charge in [-0.25, -0.2) is 4.79 Å². The fourth-order valence-corrected chi connectivity index (χ4v) is 2.64. The quantitative estimate of drug-likeness (QED) is 0.697. The summed E-state index contributed by atoms with van der Waals surface area (Å²) in [6, 6.07) is 14.1. The van der Waals surface area contributed by atoms with Gasteiger partial charge < -0.3 is 10.1 Å². The largest absolute Gasteiger partial charge is 0.465 e. The van der Waals surface area contributed by atoms with Gasteiger partial charge in [-0.2, -0.15) is 5.10 Å². The predicted molar refractivity (Wildman–Crippen MR) is 98.5 cm³/mol. The number of para-hydroxylation sites is 1. The molecule has 0 fully saturated rings. The van der Waals surface area contributed by atoms with Gasteiger partial charge in [-0.05, 0) is 23.8 Å². The number of benzene rings is 2. The van der Waals surface area contributed by atoms with E-state index in [2.05, 4.69) is 10.4 Å². The Labute approximate surface area is 155 Å². The lowest BCUT2D eigenvalue weighted by atomic mass is 10.1. The Kier molecular flexibility index (Phi) is 5.34. The molecule has 1 aromatic heterocycles. The molecule has 0 unspecified atom stereocenters.